The van der Waals surface area contributed by atoms with E-state index in [2.05, 4.69) is 16.9 Å². The van der Waals surface area contributed by atoms with Gasteiger partial charge in [0.15, 0.2) is 5.78 Å². The molecule has 4 heteroatoms. The van der Waals surface area contributed by atoms with Crippen LogP contribution >= 0.6 is 11.6 Å². The van der Waals surface area contributed by atoms with Crippen LogP contribution in [0.4, 0.5) is 0 Å². The minimum atomic E-state index is -0.0425. The second-order valence-corrected chi connectivity index (χ2v) is 4.37. The van der Waals surface area contributed by atoms with Gasteiger partial charge in [-0.15, -0.1) is 0 Å². The van der Waals surface area contributed by atoms with E-state index in [0.29, 0.717) is 10.6 Å². The van der Waals surface area contributed by atoms with Gasteiger partial charge >= 0.3 is 0 Å². The number of Topliss-reactive ketones (excluding diaryl/α,β-unsaturated/α-hetero) is 1. The Morgan fingerprint density at radius 2 is 2.11 bits per heavy atom. The summed E-state index contributed by atoms with van der Waals surface area (Å²) in [5, 5.41) is 0.382. The van der Waals surface area contributed by atoms with Gasteiger partial charge in [0.1, 0.15) is 0 Å². The van der Waals surface area contributed by atoms with Gasteiger partial charge in [-0.1, -0.05) is 24.6 Å². The molecule has 0 bridgehead atoms. The van der Waals surface area contributed by atoms with E-state index in [-0.39, 0.29) is 12.2 Å². The maximum absolute atomic E-state index is 12.0. The highest BCUT2D eigenvalue weighted by molar-refractivity contribution is 6.33. The Morgan fingerprint density at radius 3 is 2.72 bits per heavy atom. The molecule has 0 spiro atoms. The fraction of sp³-hybridized carbons (Fsp3) is 0.214. The SMILES string of the molecule is CCc1ccc(CC(=O)c2ccncc2Cl)nc1. The van der Waals surface area contributed by atoms with E-state index >= 15 is 0 Å². The third-order valence-electron chi connectivity index (χ3n) is 2.71. The number of halogens is 1. The molecule has 0 saturated carbocycles. The summed E-state index contributed by atoms with van der Waals surface area (Å²) in [7, 11) is 0. The van der Waals surface area contributed by atoms with Crippen molar-refractivity contribution >= 4 is 17.4 Å². The number of hydrogen-bond donors (Lipinski definition) is 0. The molecule has 3 nitrogen and oxygen atoms in total. The minimum Gasteiger partial charge on any atom is -0.294 e. The van der Waals surface area contributed by atoms with Crippen molar-refractivity contribution < 1.29 is 4.79 Å². The first kappa shape index (κ1) is 12.7. The molecule has 0 radical (unpaired) electrons. The smallest absolute Gasteiger partial charge is 0.170 e. The molecule has 2 rings (SSSR count). The van der Waals surface area contributed by atoms with Crippen molar-refractivity contribution in [1.82, 2.24) is 9.97 Å². The van der Waals surface area contributed by atoms with Crippen molar-refractivity contribution in [3.63, 3.8) is 0 Å². The summed E-state index contributed by atoms with van der Waals surface area (Å²) in [4.78, 5) is 20.2. The third kappa shape index (κ3) is 2.93. The lowest BCUT2D eigenvalue weighted by atomic mass is 10.1. The van der Waals surface area contributed by atoms with Crippen LogP contribution in [0.25, 0.3) is 0 Å². The monoisotopic (exact) mass is 260 g/mol. The highest BCUT2D eigenvalue weighted by Crippen LogP contribution is 2.15. The molecule has 0 aliphatic rings. The Kier molecular flexibility index (Phi) is 4.05. The molecule has 0 N–H and O–H groups in total. The van der Waals surface area contributed by atoms with E-state index in [1.165, 1.54) is 6.20 Å². The number of pyridine rings is 2. The van der Waals surface area contributed by atoms with Crippen LogP contribution < -0.4 is 0 Å². The zero-order chi connectivity index (χ0) is 13.0. The normalized spacial score (nSPS) is 10.3. The molecule has 18 heavy (non-hydrogen) atoms. The van der Waals surface area contributed by atoms with Gasteiger partial charge in [0.25, 0.3) is 0 Å². The van der Waals surface area contributed by atoms with E-state index in [1.54, 1.807) is 18.5 Å². The van der Waals surface area contributed by atoms with Crippen LogP contribution in [0.2, 0.25) is 5.02 Å². The first-order valence-electron chi connectivity index (χ1n) is 5.77. The molecule has 0 amide bonds. The first-order valence-corrected chi connectivity index (χ1v) is 6.15. The lowest BCUT2D eigenvalue weighted by Crippen LogP contribution is -2.06. The number of nitrogens with zero attached hydrogens (tertiary/aromatic N) is 2. The predicted octanol–water partition coefficient (Wildman–Crippen LogP) is 3.12. The topological polar surface area (TPSA) is 42.9 Å². The molecule has 0 saturated heterocycles. The quantitative estimate of drug-likeness (QED) is 0.794. The number of carbonyl (C=O) groups excluding carboxylic acids is 1. The van der Waals surface area contributed by atoms with Crippen molar-refractivity contribution in [2.24, 2.45) is 0 Å². The number of ketones is 1. The molecule has 0 atom stereocenters. The summed E-state index contributed by atoms with van der Waals surface area (Å²) >= 11 is 5.93. The van der Waals surface area contributed by atoms with Gasteiger partial charge in [0.2, 0.25) is 0 Å². The van der Waals surface area contributed by atoms with Crippen LogP contribution in [0.15, 0.2) is 36.8 Å². The van der Waals surface area contributed by atoms with Gasteiger partial charge in [-0.25, -0.2) is 0 Å². The molecule has 2 aromatic rings. The molecular formula is C14H13ClN2O. The lowest BCUT2D eigenvalue weighted by molar-refractivity contribution is 0.0992. The van der Waals surface area contributed by atoms with Crippen LogP contribution in [-0.2, 0) is 12.8 Å². The Hall–Kier alpha value is -1.74. The number of rotatable bonds is 4. The molecule has 0 unspecified atom stereocenters. The average molecular weight is 261 g/mol. The number of carbonyl (C=O) groups is 1. The van der Waals surface area contributed by atoms with Gasteiger partial charge < -0.3 is 0 Å². The highest BCUT2D eigenvalue weighted by Gasteiger charge is 2.11. The van der Waals surface area contributed by atoms with Gasteiger partial charge in [-0.2, -0.15) is 0 Å². The molecule has 0 aliphatic heterocycles. The Morgan fingerprint density at radius 1 is 1.28 bits per heavy atom. The molecule has 92 valence electrons. The van der Waals surface area contributed by atoms with Crippen molar-refractivity contribution in [3.05, 3.63) is 58.6 Å². The zero-order valence-corrected chi connectivity index (χ0v) is 10.8. The maximum Gasteiger partial charge on any atom is 0.170 e. The fourth-order valence-corrected chi connectivity index (χ4v) is 1.85. The van der Waals surface area contributed by atoms with Crippen LogP contribution in [0, 0.1) is 0 Å². The molecule has 0 aliphatic carbocycles. The molecule has 0 aromatic carbocycles. The summed E-state index contributed by atoms with van der Waals surface area (Å²) < 4.78 is 0. The van der Waals surface area contributed by atoms with Crippen LogP contribution in [0.1, 0.15) is 28.5 Å². The number of hydrogen-bond acceptors (Lipinski definition) is 3. The average Bonchev–Trinajstić information content (AvgIpc) is 2.40. The Bertz CT molecular complexity index is 552. The van der Waals surface area contributed by atoms with E-state index in [0.717, 1.165) is 17.7 Å². The van der Waals surface area contributed by atoms with Crippen molar-refractivity contribution in [2.45, 2.75) is 19.8 Å². The summed E-state index contributed by atoms with van der Waals surface area (Å²) in [5.74, 6) is -0.0425. The van der Waals surface area contributed by atoms with E-state index in [9.17, 15) is 4.79 Å². The third-order valence-corrected chi connectivity index (χ3v) is 3.01. The molecule has 2 aromatic heterocycles. The molecule has 2 heterocycles. The van der Waals surface area contributed by atoms with E-state index in [1.807, 2.05) is 12.1 Å². The van der Waals surface area contributed by atoms with Crippen molar-refractivity contribution in [2.75, 3.05) is 0 Å². The predicted molar refractivity (Wildman–Crippen MR) is 70.9 cm³/mol. The Balaban J connectivity index is 2.14. The van der Waals surface area contributed by atoms with Gasteiger partial charge in [-0.05, 0) is 24.1 Å². The van der Waals surface area contributed by atoms with Crippen molar-refractivity contribution in [1.29, 1.82) is 0 Å². The zero-order valence-electron chi connectivity index (χ0n) is 10.1. The summed E-state index contributed by atoms with van der Waals surface area (Å²) in [5.41, 5.74) is 2.41. The number of aromatic nitrogens is 2. The lowest BCUT2D eigenvalue weighted by Gasteiger charge is -2.03. The second kappa shape index (κ2) is 5.74. The first-order chi connectivity index (χ1) is 8.70. The largest absolute Gasteiger partial charge is 0.294 e. The van der Waals surface area contributed by atoms with Gasteiger partial charge in [0, 0.05) is 29.8 Å². The molecule has 0 fully saturated rings. The van der Waals surface area contributed by atoms with Gasteiger partial charge in [0.05, 0.1) is 11.4 Å². The summed E-state index contributed by atoms with van der Waals surface area (Å²) in [6.45, 7) is 2.07. The molecular weight excluding hydrogens is 248 g/mol. The second-order valence-electron chi connectivity index (χ2n) is 3.97. The van der Waals surface area contributed by atoms with Gasteiger partial charge in [-0.3, -0.25) is 14.8 Å². The summed E-state index contributed by atoms with van der Waals surface area (Å²) in [6.07, 6.45) is 6.04. The Labute approximate surface area is 111 Å². The number of aryl methyl sites for hydroxylation is 1. The van der Waals surface area contributed by atoms with Crippen LogP contribution in [-0.4, -0.2) is 15.8 Å². The van der Waals surface area contributed by atoms with Crippen molar-refractivity contribution in [3.8, 4) is 0 Å². The minimum absolute atomic E-state index is 0.0425. The fourth-order valence-electron chi connectivity index (χ4n) is 1.63. The van der Waals surface area contributed by atoms with Crippen LogP contribution in [0.5, 0.6) is 0 Å². The van der Waals surface area contributed by atoms with E-state index in [4.69, 9.17) is 11.6 Å². The summed E-state index contributed by atoms with van der Waals surface area (Å²) in [6, 6.07) is 5.50. The van der Waals surface area contributed by atoms with Crippen LogP contribution in [0.3, 0.4) is 0 Å². The maximum atomic E-state index is 12.0. The highest BCUT2D eigenvalue weighted by atomic mass is 35.5. The standard InChI is InChI=1S/C14H13ClN2O/c1-2-10-3-4-11(17-8-10)7-14(18)12-5-6-16-9-13(12)15/h3-6,8-9H,2,7H2,1H3. The van der Waals surface area contributed by atoms with E-state index < -0.39 is 0 Å².